The Balaban J connectivity index is 1.75. The summed E-state index contributed by atoms with van der Waals surface area (Å²) in [6.07, 6.45) is 0.117. The number of esters is 1. The van der Waals surface area contributed by atoms with Gasteiger partial charge in [-0.25, -0.2) is 13.6 Å². The van der Waals surface area contributed by atoms with Crippen molar-refractivity contribution < 1.29 is 18.3 Å². The first kappa shape index (κ1) is 19.5. The van der Waals surface area contributed by atoms with Gasteiger partial charge in [-0.05, 0) is 24.1 Å². The van der Waals surface area contributed by atoms with Gasteiger partial charge in [0.05, 0.1) is 19.7 Å². The monoisotopic (exact) mass is 387 g/mol. The molecule has 6 nitrogen and oxygen atoms in total. The quantitative estimate of drug-likeness (QED) is 0.584. The van der Waals surface area contributed by atoms with Crippen molar-refractivity contribution in [2.45, 2.75) is 26.4 Å². The van der Waals surface area contributed by atoms with E-state index in [2.05, 4.69) is 5.10 Å². The highest BCUT2D eigenvalue weighted by Crippen LogP contribution is 2.22. The van der Waals surface area contributed by atoms with E-state index in [4.69, 9.17) is 4.74 Å². The van der Waals surface area contributed by atoms with Crippen LogP contribution < -0.4 is 5.56 Å². The number of pyridine rings is 1. The lowest BCUT2D eigenvalue weighted by Crippen LogP contribution is -2.18. The predicted molar refractivity (Wildman–Crippen MR) is 98.5 cm³/mol. The molecule has 1 aromatic carbocycles. The summed E-state index contributed by atoms with van der Waals surface area (Å²) in [7, 11) is 0. The number of aromatic nitrogens is 3. The van der Waals surface area contributed by atoms with Crippen LogP contribution in [-0.2, 0) is 17.8 Å². The summed E-state index contributed by atoms with van der Waals surface area (Å²) in [5.41, 5.74) is 0.852. The SMILES string of the molecule is CCOC(=O)c1cn(Cc2ccc(Cn3ccccc3=O)cc2)nc1C(F)F. The third-order valence-electron chi connectivity index (χ3n) is 4.11. The molecular formula is C20H19F2N3O3. The highest BCUT2D eigenvalue weighted by atomic mass is 19.3. The third-order valence-corrected chi connectivity index (χ3v) is 4.11. The molecule has 0 aliphatic heterocycles. The number of benzene rings is 1. The van der Waals surface area contributed by atoms with Gasteiger partial charge < -0.3 is 9.30 Å². The van der Waals surface area contributed by atoms with Gasteiger partial charge in [0, 0.05) is 18.5 Å². The number of alkyl halides is 2. The molecule has 0 amide bonds. The molecule has 0 aliphatic rings. The lowest BCUT2D eigenvalue weighted by Gasteiger charge is -2.07. The van der Waals surface area contributed by atoms with E-state index in [0.717, 1.165) is 11.1 Å². The molecule has 0 unspecified atom stereocenters. The summed E-state index contributed by atoms with van der Waals surface area (Å²) < 4.78 is 34.0. The van der Waals surface area contributed by atoms with Gasteiger partial charge in [-0.2, -0.15) is 5.10 Å². The van der Waals surface area contributed by atoms with Crippen LogP contribution >= 0.6 is 0 Å². The highest BCUT2D eigenvalue weighted by Gasteiger charge is 2.24. The van der Waals surface area contributed by atoms with E-state index in [-0.39, 0.29) is 24.3 Å². The predicted octanol–water partition coefficient (Wildman–Crippen LogP) is 3.26. The maximum atomic E-state index is 13.2. The molecule has 0 fully saturated rings. The minimum Gasteiger partial charge on any atom is -0.462 e. The minimum absolute atomic E-state index is 0.0888. The zero-order valence-electron chi connectivity index (χ0n) is 15.2. The summed E-state index contributed by atoms with van der Waals surface area (Å²) in [5.74, 6) is -0.812. The van der Waals surface area contributed by atoms with Crippen LogP contribution in [0.25, 0.3) is 0 Å². The van der Waals surface area contributed by atoms with Gasteiger partial charge in [-0.3, -0.25) is 9.48 Å². The van der Waals surface area contributed by atoms with E-state index in [1.54, 1.807) is 29.8 Å². The van der Waals surface area contributed by atoms with E-state index >= 15 is 0 Å². The number of hydrogen-bond acceptors (Lipinski definition) is 4. The highest BCUT2D eigenvalue weighted by molar-refractivity contribution is 5.90. The molecule has 2 aromatic heterocycles. The molecule has 0 bridgehead atoms. The maximum Gasteiger partial charge on any atom is 0.341 e. The van der Waals surface area contributed by atoms with E-state index in [9.17, 15) is 18.4 Å². The lowest BCUT2D eigenvalue weighted by molar-refractivity contribution is 0.0515. The number of carbonyl (C=O) groups excluding carboxylic acids is 1. The smallest absolute Gasteiger partial charge is 0.341 e. The van der Waals surface area contributed by atoms with Gasteiger partial charge in [-0.15, -0.1) is 0 Å². The van der Waals surface area contributed by atoms with Crippen molar-refractivity contribution in [3.63, 3.8) is 0 Å². The van der Waals surface area contributed by atoms with Crippen molar-refractivity contribution in [3.05, 3.63) is 87.6 Å². The Morgan fingerprint density at radius 1 is 1.11 bits per heavy atom. The Labute approximate surface area is 160 Å². The second-order valence-electron chi connectivity index (χ2n) is 6.13. The molecule has 0 saturated heterocycles. The van der Waals surface area contributed by atoms with E-state index in [1.165, 1.54) is 16.9 Å². The van der Waals surface area contributed by atoms with Crippen molar-refractivity contribution in [3.8, 4) is 0 Å². The molecule has 3 rings (SSSR count). The normalized spacial score (nSPS) is 11.0. The fourth-order valence-electron chi connectivity index (χ4n) is 2.77. The van der Waals surface area contributed by atoms with Crippen molar-refractivity contribution in [1.29, 1.82) is 0 Å². The Morgan fingerprint density at radius 2 is 1.79 bits per heavy atom. The largest absolute Gasteiger partial charge is 0.462 e. The molecule has 28 heavy (non-hydrogen) atoms. The fourth-order valence-corrected chi connectivity index (χ4v) is 2.77. The Morgan fingerprint density at radius 3 is 2.39 bits per heavy atom. The lowest BCUT2D eigenvalue weighted by atomic mass is 10.1. The van der Waals surface area contributed by atoms with Crippen LogP contribution in [0.4, 0.5) is 8.78 Å². The van der Waals surface area contributed by atoms with E-state index in [1.807, 2.05) is 24.3 Å². The number of ether oxygens (including phenoxy) is 1. The minimum atomic E-state index is -2.87. The zero-order valence-corrected chi connectivity index (χ0v) is 15.2. The molecule has 3 aromatic rings. The second-order valence-corrected chi connectivity index (χ2v) is 6.13. The number of halogens is 2. The van der Waals surface area contributed by atoms with Crippen molar-refractivity contribution >= 4 is 5.97 Å². The third kappa shape index (κ3) is 4.51. The first-order valence-corrected chi connectivity index (χ1v) is 8.74. The number of carbonyl (C=O) groups is 1. The number of nitrogens with zero attached hydrogens (tertiary/aromatic N) is 3. The summed E-state index contributed by atoms with van der Waals surface area (Å²) in [6.45, 7) is 2.36. The first-order chi connectivity index (χ1) is 13.5. The zero-order chi connectivity index (χ0) is 20.1. The molecule has 0 N–H and O–H groups in total. The average molecular weight is 387 g/mol. The fraction of sp³-hybridized carbons (Fsp3) is 0.250. The Kier molecular flexibility index (Phi) is 5.98. The summed E-state index contributed by atoms with van der Waals surface area (Å²) >= 11 is 0. The molecule has 2 heterocycles. The van der Waals surface area contributed by atoms with E-state index < -0.39 is 18.1 Å². The number of rotatable bonds is 7. The summed E-state index contributed by atoms with van der Waals surface area (Å²) in [4.78, 5) is 23.6. The van der Waals surface area contributed by atoms with Crippen LogP contribution in [-0.4, -0.2) is 26.9 Å². The molecule has 0 saturated carbocycles. The van der Waals surface area contributed by atoms with Crippen molar-refractivity contribution in [2.75, 3.05) is 6.61 Å². The molecule has 146 valence electrons. The van der Waals surface area contributed by atoms with E-state index in [0.29, 0.717) is 6.54 Å². The molecule has 0 atom stereocenters. The van der Waals surface area contributed by atoms with Crippen LogP contribution in [0.1, 0.15) is 40.5 Å². The van der Waals surface area contributed by atoms with Crippen molar-refractivity contribution in [2.24, 2.45) is 0 Å². The molecule has 0 radical (unpaired) electrons. The van der Waals surface area contributed by atoms with Crippen LogP contribution in [0, 0.1) is 0 Å². The topological polar surface area (TPSA) is 66.1 Å². The first-order valence-electron chi connectivity index (χ1n) is 8.74. The summed E-state index contributed by atoms with van der Waals surface area (Å²) in [6, 6.07) is 12.3. The van der Waals surface area contributed by atoms with Crippen LogP contribution in [0.15, 0.2) is 59.7 Å². The van der Waals surface area contributed by atoms with Gasteiger partial charge in [0.15, 0.2) is 0 Å². The van der Waals surface area contributed by atoms with Gasteiger partial charge in [0.2, 0.25) is 0 Å². The van der Waals surface area contributed by atoms with Crippen LogP contribution in [0.2, 0.25) is 0 Å². The Hall–Kier alpha value is -3.29. The average Bonchev–Trinajstić information content (AvgIpc) is 3.10. The standard InChI is InChI=1S/C20H19F2N3O3/c1-2-28-20(27)16-13-25(23-18(16)19(21)22)12-15-8-6-14(7-9-15)11-24-10-4-3-5-17(24)26/h3-10,13,19H,2,11-12H2,1H3. The summed E-state index contributed by atoms with van der Waals surface area (Å²) in [5, 5.41) is 3.83. The van der Waals surface area contributed by atoms with Gasteiger partial charge in [0.25, 0.3) is 12.0 Å². The maximum absolute atomic E-state index is 13.2. The van der Waals surface area contributed by atoms with Gasteiger partial charge in [-0.1, -0.05) is 30.3 Å². The van der Waals surface area contributed by atoms with Crippen LogP contribution in [0.5, 0.6) is 0 Å². The second kappa shape index (κ2) is 8.60. The number of hydrogen-bond donors (Lipinski definition) is 0. The molecular weight excluding hydrogens is 368 g/mol. The molecule has 8 heteroatoms. The molecule has 0 spiro atoms. The van der Waals surface area contributed by atoms with Gasteiger partial charge >= 0.3 is 5.97 Å². The van der Waals surface area contributed by atoms with Crippen molar-refractivity contribution in [1.82, 2.24) is 14.3 Å². The van der Waals surface area contributed by atoms with Gasteiger partial charge in [0.1, 0.15) is 11.3 Å². The molecule has 0 aliphatic carbocycles. The Bertz CT molecular complexity index is 1010. The van der Waals surface area contributed by atoms with Crippen LogP contribution in [0.3, 0.4) is 0 Å².